The molecule has 0 saturated carbocycles. The third-order valence-corrected chi connectivity index (χ3v) is 6.69. The highest BCUT2D eigenvalue weighted by atomic mass is 32.2. The van der Waals surface area contributed by atoms with Gasteiger partial charge in [-0.1, -0.05) is 18.2 Å². The second-order valence-corrected chi connectivity index (χ2v) is 9.38. The van der Waals surface area contributed by atoms with Gasteiger partial charge in [0.15, 0.2) is 0 Å². The predicted octanol–water partition coefficient (Wildman–Crippen LogP) is 3.22. The van der Waals surface area contributed by atoms with Crippen molar-refractivity contribution < 1.29 is 12.8 Å². The van der Waals surface area contributed by atoms with Gasteiger partial charge in [0, 0.05) is 18.0 Å². The molecule has 0 spiro atoms. The second kappa shape index (κ2) is 8.40. The van der Waals surface area contributed by atoms with Crippen molar-refractivity contribution >= 4 is 21.4 Å². The molecule has 0 atom stereocenters. The van der Waals surface area contributed by atoms with E-state index in [1.165, 1.54) is 23.1 Å². The van der Waals surface area contributed by atoms with Crippen molar-refractivity contribution in [2.45, 2.75) is 25.1 Å². The van der Waals surface area contributed by atoms with E-state index in [9.17, 15) is 12.8 Å². The first-order valence-electron chi connectivity index (χ1n) is 8.47. The Labute approximate surface area is 152 Å². The SMILES string of the molecule is O=S(=O)(Cc1cccc(F)c1)NCC1CCN(Cc2cccs2)CC1. The van der Waals surface area contributed by atoms with Gasteiger partial charge in [0.25, 0.3) is 0 Å². The number of halogens is 1. The number of hydrogen-bond acceptors (Lipinski definition) is 4. The number of nitrogens with one attached hydrogen (secondary N) is 1. The third kappa shape index (κ3) is 5.88. The van der Waals surface area contributed by atoms with Crippen LogP contribution in [-0.2, 0) is 22.3 Å². The normalized spacial score (nSPS) is 17.0. The molecule has 2 heterocycles. The molecule has 0 bridgehead atoms. The van der Waals surface area contributed by atoms with Gasteiger partial charge >= 0.3 is 0 Å². The molecule has 2 aromatic rings. The molecule has 1 aromatic carbocycles. The smallest absolute Gasteiger partial charge is 0.215 e. The van der Waals surface area contributed by atoms with E-state index in [2.05, 4.69) is 27.1 Å². The molecule has 0 amide bonds. The van der Waals surface area contributed by atoms with Crippen molar-refractivity contribution in [2.24, 2.45) is 5.92 Å². The summed E-state index contributed by atoms with van der Waals surface area (Å²) in [5.41, 5.74) is 0.471. The Balaban J connectivity index is 1.43. The topological polar surface area (TPSA) is 49.4 Å². The Morgan fingerprint density at radius 2 is 2.00 bits per heavy atom. The molecule has 0 unspecified atom stereocenters. The number of nitrogens with zero attached hydrogens (tertiary/aromatic N) is 1. The summed E-state index contributed by atoms with van der Waals surface area (Å²) in [4.78, 5) is 3.79. The maximum Gasteiger partial charge on any atom is 0.215 e. The second-order valence-electron chi connectivity index (χ2n) is 6.54. The lowest BCUT2D eigenvalue weighted by Gasteiger charge is -2.31. The zero-order chi connectivity index (χ0) is 17.7. The van der Waals surface area contributed by atoms with Crippen molar-refractivity contribution in [3.8, 4) is 0 Å². The standard InChI is InChI=1S/C18H23FN2O2S2/c19-17-4-1-3-16(11-17)14-25(22,23)20-12-15-6-8-21(9-7-15)13-18-5-2-10-24-18/h1-5,10-11,15,20H,6-9,12-14H2. The van der Waals surface area contributed by atoms with Gasteiger partial charge in [-0.25, -0.2) is 17.5 Å². The summed E-state index contributed by atoms with van der Waals surface area (Å²) >= 11 is 1.77. The average molecular weight is 383 g/mol. The number of piperidine rings is 1. The van der Waals surface area contributed by atoms with Crippen molar-refractivity contribution in [1.82, 2.24) is 9.62 Å². The minimum atomic E-state index is -3.43. The number of thiophene rings is 1. The monoisotopic (exact) mass is 382 g/mol. The molecular formula is C18H23FN2O2S2. The first-order valence-corrected chi connectivity index (χ1v) is 11.0. The summed E-state index contributed by atoms with van der Waals surface area (Å²) in [5.74, 6) is -0.227. The maximum absolute atomic E-state index is 13.2. The highest BCUT2D eigenvalue weighted by Crippen LogP contribution is 2.20. The minimum absolute atomic E-state index is 0.179. The fourth-order valence-corrected chi connectivity index (χ4v) is 5.07. The van der Waals surface area contributed by atoms with Crippen LogP contribution in [0.1, 0.15) is 23.3 Å². The van der Waals surface area contributed by atoms with E-state index in [1.54, 1.807) is 17.4 Å². The van der Waals surface area contributed by atoms with Crippen LogP contribution in [0.25, 0.3) is 0 Å². The third-order valence-electron chi connectivity index (χ3n) is 4.50. The Morgan fingerprint density at radius 1 is 1.20 bits per heavy atom. The van der Waals surface area contributed by atoms with Crippen LogP contribution in [0.4, 0.5) is 4.39 Å². The van der Waals surface area contributed by atoms with Crippen molar-refractivity contribution in [1.29, 1.82) is 0 Å². The summed E-state index contributed by atoms with van der Waals surface area (Å²) < 4.78 is 40.2. The predicted molar refractivity (Wildman–Crippen MR) is 99.3 cm³/mol. The molecular weight excluding hydrogens is 359 g/mol. The molecule has 7 heteroatoms. The molecule has 1 saturated heterocycles. The quantitative estimate of drug-likeness (QED) is 0.800. The summed E-state index contributed by atoms with van der Waals surface area (Å²) in [6.07, 6.45) is 1.99. The molecule has 1 aliphatic heterocycles. The van der Waals surface area contributed by atoms with E-state index in [0.29, 0.717) is 18.0 Å². The number of benzene rings is 1. The summed E-state index contributed by atoms with van der Waals surface area (Å²) in [6.45, 7) is 3.43. The van der Waals surface area contributed by atoms with E-state index in [1.807, 2.05) is 0 Å². The van der Waals surface area contributed by atoms with Crippen LogP contribution in [0.15, 0.2) is 41.8 Å². The Bertz CT molecular complexity index is 770. The summed E-state index contributed by atoms with van der Waals surface area (Å²) in [5, 5.41) is 2.09. The van der Waals surface area contributed by atoms with E-state index in [4.69, 9.17) is 0 Å². The van der Waals surface area contributed by atoms with Gasteiger partial charge in [0.2, 0.25) is 10.0 Å². The van der Waals surface area contributed by atoms with Crippen LogP contribution in [0, 0.1) is 11.7 Å². The van der Waals surface area contributed by atoms with Crippen molar-refractivity contribution in [3.63, 3.8) is 0 Å². The van der Waals surface area contributed by atoms with E-state index >= 15 is 0 Å². The Kier molecular flexibility index (Phi) is 6.22. The molecule has 4 nitrogen and oxygen atoms in total. The van der Waals surface area contributed by atoms with Crippen LogP contribution in [-0.4, -0.2) is 33.0 Å². The molecule has 1 fully saturated rings. The molecule has 0 radical (unpaired) electrons. The molecule has 1 aromatic heterocycles. The van der Waals surface area contributed by atoms with Gasteiger partial charge in [0.05, 0.1) is 5.75 Å². The van der Waals surface area contributed by atoms with E-state index < -0.39 is 15.8 Å². The maximum atomic E-state index is 13.2. The lowest BCUT2D eigenvalue weighted by atomic mass is 9.97. The van der Waals surface area contributed by atoms with Crippen LogP contribution >= 0.6 is 11.3 Å². The minimum Gasteiger partial charge on any atom is -0.298 e. The number of likely N-dealkylation sites (tertiary alicyclic amines) is 1. The van der Waals surface area contributed by atoms with Crippen LogP contribution in [0.5, 0.6) is 0 Å². The first-order chi connectivity index (χ1) is 12.0. The highest BCUT2D eigenvalue weighted by molar-refractivity contribution is 7.88. The van der Waals surface area contributed by atoms with Crippen LogP contribution in [0.2, 0.25) is 0 Å². The number of sulfonamides is 1. The van der Waals surface area contributed by atoms with Gasteiger partial charge in [-0.15, -0.1) is 11.3 Å². The zero-order valence-electron chi connectivity index (χ0n) is 14.0. The molecule has 0 aliphatic carbocycles. The largest absolute Gasteiger partial charge is 0.298 e. The summed E-state index contributed by atoms with van der Waals surface area (Å²) in [6, 6.07) is 9.96. The fraction of sp³-hybridized carbons (Fsp3) is 0.444. The fourth-order valence-electron chi connectivity index (χ4n) is 3.11. The molecule has 3 rings (SSSR count). The molecule has 136 valence electrons. The lowest BCUT2D eigenvalue weighted by Crippen LogP contribution is -2.38. The summed E-state index contributed by atoms with van der Waals surface area (Å²) in [7, 11) is -3.43. The van der Waals surface area contributed by atoms with E-state index in [0.717, 1.165) is 32.5 Å². The Morgan fingerprint density at radius 3 is 2.68 bits per heavy atom. The van der Waals surface area contributed by atoms with Gasteiger partial charge in [-0.2, -0.15) is 0 Å². The number of rotatable bonds is 7. The van der Waals surface area contributed by atoms with Gasteiger partial charge in [0.1, 0.15) is 5.82 Å². The van der Waals surface area contributed by atoms with E-state index in [-0.39, 0.29) is 5.75 Å². The van der Waals surface area contributed by atoms with Crippen molar-refractivity contribution in [2.75, 3.05) is 19.6 Å². The van der Waals surface area contributed by atoms with Gasteiger partial charge < -0.3 is 0 Å². The van der Waals surface area contributed by atoms with Gasteiger partial charge in [-0.05, 0) is 61.0 Å². The average Bonchev–Trinajstić information content (AvgIpc) is 3.07. The molecule has 1 N–H and O–H groups in total. The number of hydrogen-bond donors (Lipinski definition) is 1. The molecule has 1 aliphatic rings. The van der Waals surface area contributed by atoms with Crippen LogP contribution in [0.3, 0.4) is 0 Å². The van der Waals surface area contributed by atoms with Crippen LogP contribution < -0.4 is 4.72 Å². The van der Waals surface area contributed by atoms with Crippen molar-refractivity contribution in [3.05, 3.63) is 58.0 Å². The van der Waals surface area contributed by atoms with Gasteiger partial charge in [-0.3, -0.25) is 4.90 Å². The zero-order valence-corrected chi connectivity index (χ0v) is 15.7. The molecule has 25 heavy (non-hydrogen) atoms. The Hall–Kier alpha value is -1.28. The lowest BCUT2D eigenvalue weighted by molar-refractivity contribution is 0.180. The first kappa shape index (κ1) is 18.5. The highest BCUT2D eigenvalue weighted by Gasteiger charge is 2.21.